The van der Waals surface area contributed by atoms with Gasteiger partial charge in [-0.3, -0.25) is 0 Å². The molecule has 0 bridgehead atoms. The predicted molar refractivity (Wildman–Crippen MR) is 77.7 cm³/mol. The molecule has 2 nitrogen and oxygen atoms in total. The average molecular weight is 285 g/mol. The predicted octanol–water partition coefficient (Wildman–Crippen LogP) is 4.21. The second-order valence-corrected chi connectivity index (χ2v) is 4.88. The van der Waals surface area contributed by atoms with Gasteiger partial charge >= 0.3 is 0 Å². The highest BCUT2D eigenvalue weighted by atomic mass is 19.1. The van der Waals surface area contributed by atoms with Crippen LogP contribution in [0, 0.1) is 11.6 Å². The first-order valence-electron chi connectivity index (χ1n) is 7.43. The summed E-state index contributed by atoms with van der Waals surface area (Å²) in [6, 6.07) is 3.28. The maximum Gasteiger partial charge on any atom is 0.128 e. The molecule has 0 aliphatic rings. The van der Waals surface area contributed by atoms with Gasteiger partial charge in [0, 0.05) is 12.2 Å². The molecule has 0 fully saturated rings. The Kier molecular flexibility index (Phi) is 7.70. The van der Waals surface area contributed by atoms with Crippen molar-refractivity contribution in [2.45, 2.75) is 52.2 Å². The van der Waals surface area contributed by atoms with E-state index in [1.165, 1.54) is 12.1 Å². The number of halogens is 2. The quantitative estimate of drug-likeness (QED) is 0.734. The third-order valence-corrected chi connectivity index (χ3v) is 3.23. The minimum absolute atomic E-state index is 0.146. The van der Waals surface area contributed by atoms with Crippen molar-refractivity contribution in [1.29, 1.82) is 0 Å². The third kappa shape index (κ3) is 4.84. The van der Waals surface area contributed by atoms with Crippen LogP contribution in [0.2, 0.25) is 0 Å². The summed E-state index contributed by atoms with van der Waals surface area (Å²) in [7, 11) is 0. The molecule has 0 saturated carbocycles. The molecular weight excluding hydrogens is 260 g/mol. The smallest absolute Gasteiger partial charge is 0.128 e. The van der Waals surface area contributed by atoms with Crippen LogP contribution in [-0.4, -0.2) is 19.3 Å². The van der Waals surface area contributed by atoms with Crippen molar-refractivity contribution in [2.75, 3.05) is 13.2 Å². The van der Waals surface area contributed by atoms with Crippen molar-refractivity contribution >= 4 is 0 Å². The molecule has 0 spiro atoms. The summed E-state index contributed by atoms with van der Waals surface area (Å²) < 4.78 is 33.2. The molecule has 0 aliphatic carbocycles. The van der Waals surface area contributed by atoms with Crippen LogP contribution < -0.4 is 5.32 Å². The summed E-state index contributed by atoms with van der Waals surface area (Å²) in [4.78, 5) is 0. The van der Waals surface area contributed by atoms with E-state index in [1.54, 1.807) is 0 Å². The van der Waals surface area contributed by atoms with Gasteiger partial charge in [-0.2, -0.15) is 0 Å². The Labute approximate surface area is 120 Å². The number of rotatable bonds is 9. The van der Waals surface area contributed by atoms with Crippen LogP contribution in [0.1, 0.15) is 51.6 Å². The van der Waals surface area contributed by atoms with Gasteiger partial charge in [-0.1, -0.05) is 20.3 Å². The van der Waals surface area contributed by atoms with E-state index in [4.69, 9.17) is 4.74 Å². The molecule has 0 radical (unpaired) electrons. The maximum atomic E-state index is 14.0. The molecule has 2 unspecified atom stereocenters. The van der Waals surface area contributed by atoms with Crippen molar-refractivity contribution in [3.8, 4) is 0 Å². The van der Waals surface area contributed by atoms with Gasteiger partial charge in [0.2, 0.25) is 0 Å². The van der Waals surface area contributed by atoms with Gasteiger partial charge < -0.3 is 10.1 Å². The van der Waals surface area contributed by atoms with Crippen LogP contribution in [0.3, 0.4) is 0 Å². The first-order chi connectivity index (χ1) is 9.63. The number of hydrogen-bond acceptors (Lipinski definition) is 2. The van der Waals surface area contributed by atoms with Gasteiger partial charge in [-0.15, -0.1) is 0 Å². The lowest BCUT2D eigenvalue weighted by Gasteiger charge is -2.28. The summed E-state index contributed by atoms with van der Waals surface area (Å²) in [5.74, 6) is -0.808. The van der Waals surface area contributed by atoms with Crippen LogP contribution in [0.25, 0.3) is 0 Å². The summed E-state index contributed by atoms with van der Waals surface area (Å²) >= 11 is 0. The Morgan fingerprint density at radius 2 is 1.90 bits per heavy atom. The largest absolute Gasteiger partial charge is 0.377 e. The van der Waals surface area contributed by atoms with E-state index < -0.39 is 5.82 Å². The van der Waals surface area contributed by atoms with Crippen molar-refractivity contribution in [3.05, 3.63) is 35.4 Å². The van der Waals surface area contributed by atoms with Crippen molar-refractivity contribution < 1.29 is 13.5 Å². The van der Waals surface area contributed by atoms with Gasteiger partial charge in [-0.05, 0) is 44.5 Å². The SMILES string of the molecule is CCCNC(c1cc(F)ccc1F)C(CCC)OCC. The van der Waals surface area contributed by atoms with Crippen molar-refractivity contribution in [1.82, 2.24) is 5.32 Å². The highest BCUT2D eigenvalue weighted by Gasteiger charge is 2.25. The first-order valence-corrected chi connectivity index (χ1v) is 7.43. The van der Waals surface area contributed by atoms with Gasteiger partial charge in [0.05, 0.1) is 12.1 Å². The van der Waals surface area contributed by atoms with E-state index in [9.17, 15) is 8.78 Å². The minimum atomic E-state index is -0.420. The molecule has 0 amide bonds. The van der Waals surface area contributed by atoms with Crippen molar-refractivity contribution in [2.24, 2.45) is 0 Å². The summed E-state index contributed by atoms with van der Waals surface area (Å²) in [6.45, 7) is 7.33. The molecule has 2 atom stereocenters. The normalized spacial score (nSPS) is 14.2. The molecule has 4 heteroatoms. The maximum absolute atomic E-state index is 14.0. The molecule has 0 saturated heterocycles. The molecule has 0 heterocycles. The van der Waals surface area contributed by atoms with Gasteiger partial charge in [0.15, 0.2) is 0 Å². The van der Waals surface area contributed by atoms with E-state index in [-0.39, 0.29) is 18.0 Å². The summed E-state index contributed by atoms with van der Waals surface area (Å²) in [5, 5.41) is 3.29. The van der Waals surface area contributed by atoms with E-state index >= 15 is 0 Å². The Hall–Kier alpha value is -1.00. The monoisotopic (exact) mass is 285 g/mol. The van der Waals surface area contributed by atoms with E-state index in [1.807, 2.05) is 13.8 Å². The van der Waals surface area contributed by atoms with E-state index in [0.717, 1.165) is 31.9 Å². The lowest BCUT2D eigenvalue weighted by Crippen LogP contribution is -2.35. The minimum Gasteiger partial charge on any atom is -0.377 e. The zero-order chi connectivity index (χ0) is 15.0. The number of benzene rings is 1. The number of ether oxygens (including phenoxy) is 1. The molecule has 114 valence electrons. The highest BCUT2D eigenvalue weighted by Crippen LogP contribution is 2.26. The molecule has 1 rings (SSSR count). The molecule has 1 N–H and O–H groups in total. The lowest BCUT2D eigenvalue weighted by atomic mass is 9.97. The topological polar surface area (TPSA) is 21.3 Å². The fourth-order valence-electron chi connectivity index (χ4n) is 2.34. The Bertz CT molecular complexity index is 392. The van der Waals surface area contributed by atoms with Crippen LogP contribution in [0.4, 0.5) is 8.78 Å². The fraction of sp³-hybridized carbons (Fsp3) is 0.625. The zero-order valence-corrected chi connectivity index (χ0v) is 12.6. The standard InChI is InChI=1S/C16H25F2NO/c1-4-7-15(20-6-3)16(19-10-5-2)13-11-12(17)8-9-14(13)18/h8-9,11,15-16,19H,4-7,10H2,1-3H3. The molecule has 1 aromatic rings. The third-order valence-electron chi connectivity index (χ3n) is 3.23. The second kappa shape index (κ2) is 9.03. The second-order valence-electron chi connectivity index (χ2n) is 4.88. The molecule has 0 aromatic heterocycles. The first kappa shape index (κ1) is 17.1. The van der Waals surface area contributed by atoms with Gasteiger partial charge in [-0.25, -0.2) is 8.78 Å². The molecule has 20 heavy (non-hydrogen) atoms. The molecular formula is C16H25F2NO. The van der Waals surface area contributed by atoms with Crippen LogP contribution in [-0.2, 0) is 4.74 Å². The fourth-order valence-corrected chi connectivity index (χ4v) is 2.34. The number of hydrogen-bond donors (Lipinski definition) is 1. The molecule has 0 aliphatic heterocycles. The van der Waals surface area contributed by atoms with E-state index in [2.05, 4.69) is 12.2 Å². The Morgan fingerprint density at radius 3 is 2.50 bits per heavy atom. The number of nitrogens with one attached hydrogen (secondary N) is 1. The molecule has 1 aromatic carbocycles. The van der Waals surface area contributed by atoms with Crippen LogP contribution >= 0.6 is 0 Å². The zero-order valence-electron chi connectivity index (χ0n) is 12.6. The lowest BCUT2D eigenvalue weighted by molar-refractivity contribution is 0.0266. The summed E-state index contributed by atoms with van der Waals surface area (Å²) in [5.41, 5.74) is 0.352. The Balaban J connectivity index is 3.04. The average Bonchev–Trinajstić information content (AvgIpc) is 2.43. The van der Waals surface area contributed by atoms with Crippen LogP contribution in [0.5, 0.6) is 0 Å². The van der Waals surface area contributed by atoms with Gasteiger partial charge in [0.25, 0.3) is 0 Å². The van der Waals surface area contributed by atoms with E-state index in [0.29, 0.717) is 12.2 Å². The van der Waals surface area contributed by atoms with Gasteiger partial charge in [0.1, 0.15) is 11.6 Å². The Morgan fingerprint density at radius 1 is 1.15 bits per heavy atom. The summed E-state index contributed by atoms with van der Waals surface area (Å²) in [6.07, 6.45) is 2.53. The highest BCUT2D eigenvalue weighted by molar-refractivity contribution is 5.23. The van der Waals surface area contributed by atoms with Crippen LogP contribution in [0.15, 0.2) is 18.2 Å². The van der Waals surface area contributed by atoms with Crippen molar-refractivity contribution in [3.63, 3.8) is 0 Å².